The van der Waals surface area contributed by atoms with E-state index < -0.39 is 27.2 Å². The van der Waals surface area contributed by atoms with E-state index in [-0.39, 0.29) is 11.8 Å². The lowest BCUT2D eigenvalue weighted by Crippen LogP contribution is -2.28. The number of hydrogen-bond acceptors (Lipinski definition) is 4. The molecule has 0 atom stereocenters. The molecule has 17 heavy (non-hydrogen) atoms. The number of halogens is 4. The Morgan fingerprint density at radius 2 is 1.82 bits per heavy atom. The van der Waals surface area contributed by atoms with Crippen LogP contribution >= 0.6 is 0 Å². The Morgan fingerprint density at radius 3 is 2.24 bits per heavy atom. The average Bonchev–Trinajstić information content (AvgIpc) is 2.19. The molecule has 0 unspecified atom stereocenters. The van der Waals surface area contributed by atoms with E-state index in [0.717, 1.165) is 6.07 Å². The predicted molar refractivity (Wildman–Crippen MR) is 47.4 cm³/mol. The van der Waals surface area contributed by atoms with E-state index in [1.54, 1.807) is 0 Å². The number of carbonyl (C=O) groups is 1. The Labute approximate surface area is 92.9 Å². The topological polar surface area (TPSA) is 60.4 Å². The summed E-state index contributed by atoms with van der Waals surface area (Å²) in [6.45, 7) is 0. The van der Waals surface area contributed by atoms with E-state index in [9.17, 15) is 30.8 Å². The Morgan fingerprint density at radius 1 is 1.24 bits per heavy atom. The number of rotatable bonds is 3. The van der Waals surface area contributed by atoms with Crippen molar-refractivity contribution in [2.75, 3.05) is 0 Å². The molecule has 1 rings (SSSR count). The van der Waals surface area contributed by atoms with Gasteiger partial charge in [0.2, 0.25) is 0 Å². The molecule has 0 radical (unpaired) electrons. The molecule has 0 bridgehead atoms. The minimum atomic E-state index is -5.92. The maximum atomic E-state index is 13.0. The maximum Gasteiger partial charge on any atom is 0.534 e. The number of benzene rings is 1. The van der Waals surface area contributed by atoms with Crippen molar-refractivity contribution in [1.82, 2.24) is 0 Å². The van der Waals surface area contributed by atoms with Gasteiger partial charge in [-0.15, -0.1) is 0 Å². The lowest BCUT2D eigenvalue weighted by atomic mass is 10.2. The minimum absolute atomic E-state index is 0.167. The van der Waals surface area contributed by atoms with Crippen LogP contribution in [0.2, 0.25) is 0 Å². The highest BCUT2D eigenvalue weighted by atomic mass is 32.2. The van der Waals surface area contributed by atoms with Gasteiger partial charge in [-0.3, -0.25) is 4.79 Å². The number of carbonyl (C=O) groups excluding carboxylic acids is 1. The zero-order chi connectivity index (χ0) is 13.3. The standard InChI is InChI=1S/C8H4F4O4S/c9-6-3-5(4-13)1-2-7(6)16-17(14,15)8(10,11)12/h1-4H. The SMILES string of the molecule is O=Cc1ccc(OS(=O)(=O)C(F)(F)F)c(F)c1. The zero-order valence-electron chi connectivity index (χ0n) is 7.86. The molecule has 9 heteroatoms. The molecule has 94 valence electrons. The van der Waals surface area contributed by atoms with Crippen molar-refractivity contribution in [3.8, 4) is 5.75 Å². The largest absolute Gasteiger partial charge is 0.534 e. The van der Waals surface area contributed by atoms with Gasteiger partial charge < -0.3 is 4.18 Å². The van der Waals surface area contributed by atoms with Gasteiger partial charge in [-0.05, 0) is 18.2 Å². The fourth-order valence-corrected chi connectivity index (χ4v) is 1.29. The molecule has 0 saturated carbocycles. The quantitative estimate of drug-likeness (QED) is 0.365. The number of aldehydes is 1. The van der Waals surface area contributed by atoms with Crippen LogP contribution in [0.5, 0.6) is 5.75 Å². The van der Waals surface area contributed by atoms with E-state index >= 15 is 0 Å². The van der Waals surface area contributed by atoms with Crippen LogP contribution in [-0.4, -0.2) is 20.2 Å². The third kappa shape index (κ3) is 2.93. The van der Waals surface area contributed by atoms with Crippen LogP contribution in [0.25, 0.3) is 0 Å². The van der Waals surface area contributed by atoms with Crippen molar-refractivity contribution >= 4 is 16.4 Å². The van der Waals surface area contributed by atoms with Gasteiger partial charge in [0.05, 0.1) is 0 Å². The van der Waals surface area contributed by atoms with Gasteiger partial charge in [0.15, 0.2) is 11.6 Å². The average molecular weight is 272 g/mol. The first-order valence-corrected chi connectivity index (χ1v) is 5.33. The highest BCUT2D eigenvalue weighted by Gasteiger charge is 2.48. The van der Waals surface area contributed by atoms with E-state index in [1.807, 2.05) is 0 Å². The Kier molecular flexibility index (Phi) is 3.41. The minimum Gasteiger partial charge on any atom is -0.373 e. The lowest BCUT2D eigenvalue weighted by molar-refractivity contribution is -0.0500. The molecule has 0 aromatic heterocycles. The van der Waals surface area contributed by atoms with E-state index in [0.29, 0.717) is 12.1 Å². The Bertz CT molecular complexity index is 535. The Hall–Kier alpha value is -1.64. The van der Waals surface area contributed by atoms with Crippen LogP contribution in [0.15, 0.2) is 18.2 Å². The fraction of sp³-hybridized carbons (Fsp3) is 0.125. The van der Waals surface area contributed by atoms with Crippen molar-refractivity contribution in [1.29, 1.82) is 0 Å². The van der Waals surface area contributed by atoms with Crippen molar-refractivity contribution in [2.24, 2.45) is 0 Å². The molecule has 0 amide bonds. The summed E-state index contributed by atoms with van der Waals surface area (Å²) in [6.07, 6.45) is 0.241. The van der Waals surface area contributed by atoms with Gasteiger partial charge in [0, 0.05) is 5.56 Å². The summed E-state index contributed by atoms with van der Waals surface area (Å²) in [4.78, 5) is 10.2. The molecule has 0 N–H and O–H groups in total. The number of hydrogen-bond donors (Lipinski definition) is 0. The van der Waals surface area contributed by atoms with E-state index in [2.05, 4.69) is 4.18 Å². The molecular formula is C8H4F4O4S. The normalized spacial score (nSPS) is 12.2. The second kappa shape index (κ2) is 4.32. The molecule has 1 aromatic rings. The second-order valence-corrected chi connectivity index (χ2v) is 4.33. The fourth-order valence-electron chi connectivity index (χ4n) is 0.823. The molecule has 0 heterocycles. The summed E-state index contributed by atoms with van der Waals surface area (Å²) in [5, 5.41) is 0. The van der Waals surface area contributed by atoms with Crippen LogP contribution in [0.1, 0.15) is 10.4 Å². The van der Waals surface area contributed by atoms with E-state index in [4.69, 9.17) is 0 Å². The van der Waals surface area contributed by atoms with Gasteiger partial charge in [0.25, 0.3) is 0 Å². The van der Waals surface area contributed by atoms with Crippen molar-refractivity contribution in [2.45, 2.75) is 5.51 Å². The summed E-state index contributed by atoms with van der Waals surface area (Å²) in [7, 11) is -5.92. The summed E-state index contributed by atoms with van der Waals surface area (Å²) in [5.41, 5.74) is -5.82. The molecule has 0 aliphatic heterocycles. The van der Waals surface area contributed by atoms with Crippen LogP contribution in [0.3, 0.4) is 0 Å². The molecular weight excluding hydrogens is 268 g/mol. The zero-order valence-corrected chi connectivity index (χ0v) is 8.68. The Balaban J connectivity index is 3.09. The van der Waals surface area contributed by atoms with Crippen LogP contribution in [0.4, 0.5) is 17.6 Å². The van der Waals surface area contributed by atoms with Gasteiger partial charge in [-0.2, -0.15) is 21.6 Å². The van der Waals surface area contributed by atoms with Gasteiger partial charge in [0.1, 0.15) is 6.29 Å². The third-order valence-corrected chi connectivity index (χ3v) is 2.54. The highest BCUT2D eigenvalue weighted by Crippen LogP contribution is 2.28. The summed E-state index contributed by atoms with van der Waals surface area (Å²) < 4.78 is 73.4. The summed E-state index contributed by atoms with van der Waals surface area (Å²) in [5.74, 6) is -2.52. The maximum absolute atomic E-state index is 13.0. The first-order valence-electron chi connectivity index (χ1n) is 3.93. The molecule has 1 aromatic carbocycles. The molecule has 0 aliphatic carbocycles. The molecule has 0 spiro atoms. The van der Waals surface area contributed by atoms with E-state index in [1.165, 1.54) is 0 Å². The lowest BCUT2D eigenvalue weighted by Gasteiger charge is -2.09. The van der Waals surface area contributed by atoms with Crippen LogP contribution < -0.4 is 4.18 Å². The van der Waals surface area contributed by atoms with Crippen molar-refractivity contribution < 1.29 is 35.0 Å². The van der Waals surface area contributed by atoms with Crippen LogP contribution in [0, 0.1) is 5.82 Å². The third-order valence-electron chi connectivity index (χ3n) is 1.57. The van der Waals surface area contributed by atoms with Crippen molar-refractivity contribution in [3.05, 3.63) is 29.6 Å². The first-order chi connectivity index (χ1) is 7.67. The van der Waals surface area contributed by atoms with Crippen molar-refractivity contribution in [3.63, 3.8) is 0 Å². The van der Waals surface area contributed by atoms with Gasteiger partial charge >= 0.3 is 15.6 Å². The summed E-state index contributed by atoms with van der Waals surface area (Å²) >= 11 is 0. The van der Waals surface area contributed by atoms with Crippen LogP contribution in [-0.2, 0) is 10.1 Å². The predicted octanol–water partition coefficient (Wildman–Crippen LogP) is 1.87. The highest BCUT2D eigenvalue weighted by molar-refractivity contribution is 7.88. The van der Waals surface area contributed by atoms with Gasteiger partial charge in [-0.1, -0.05) is 0 Å². The second-order valence-electron chi connectivity index (χ2n) is 2.79. The molecule has 0 aliphatic rings. The summed E-state index contributed by atoms with van der Waals surface area (Å²) in [6, 6.07) is 2.08. The first kappa shape index (κ1) is 13.4. The molecule has 0 saturated heterocycles. The smallest absolute Gasteiger partial charge is 0.373 e. The van der Waals surface area contributed by atoms with Gasteiger partial charge in [-0.25, -0.2) is 4.39 Å². The molecule has 0 fully saturated rings. The molecule has 4 nitrogen and oxygen atoms in total. The monoisotopic (exact) mass is 272 g/mol. The number of alkyl halides is 3.